The first-order valence-electron chi connectivity index (χ1n) is 8.01. The number of sulfonamides is 1. The summed E-state index contributed by atoms with van der Waals surface area (Å²) in [6.45, 7) is 4.05. The highest BCUT2D eigenvalue weighted by Gasteiger charge is 2.14. The number of hydrogen-bond donors (Lipinski definition) is 2. The first-order chi connectivity index (χ1) is 12.3. The van der Waals surface area contributed by atoms with Crippen LogP contribution in [0.1, 0.15) is 16.7 Å². The van der Waals surface area contributed by atoms with Crippen LogP contribution < -0.4 is 10.3 Å². The summed E-state index contributed by atoms with van der Waals surface area (Å²) in [6.07, 6.45) is 1.47. The van der Waals surface area contributed by atoms with Gasteiger partial charge in [-0.25, -0.2) is 18.1 Å². The molecule has 3 rings (SSSR count). The molecule has 0 saturated carbocycles. The van der Waals surface area contributed by atoms with Crippen LogP contribution in [-0.2, 0) is 16.4 Å². The van der Waals surface area contributed by atoms with Gasteiger partial charge in [-0.3, -0.25) is 4.79 Å². The van der Waals surface area contributed by atoms with Crippen molar-refractivity contribution in [3.05, 3.63) is 68.7 Å². The van der Waals surface area contributed by atoms with Crippen LogP contribution in [0.25, 0.3) is 10.9 Å². The minimum atomic E-state index is -3.70. The number of halogens is 1. The molecule has 26 heavy (non-hydrogen) atoms. The fraction of sp³-hybridized carbons (Fsp3) is 0.222. The Kier molecular flexibility index (Phi) is 5.13. The molecule has 0 aliphatic heterocycles. The van der Waals surface area contributed by atoms with Gasteiger partial charge in [-0.2, -0.15) is 0 Å². The second-order valence-corrected chi connectivity index (χ2v) is 8.21. The molecule has 0 radical (unpaired) electrons. The van der Waals surface area contributed by atoms with E-state index >= 15 is 0 Å². The van der Waals surface area contributed by atoms with Crippen molar-refractivity contribution in [1.29, 1.82) is 0 Å². The number of hydrogen-bond acceptors (Lipinski definition) is 4. The number of nitrogens with zero attached hydrogens (tertiary/aromatic N) is 1. The Morgan fingerprint density at radius 2 is 1.96 bits per heavy atom. The molecule has 6 nitrogen and oxygen atoms in total. The Balaban J connectivity index is 1.78. The SMILES string of the molecule is Cc1ccc2cc(CCNS(=O)(=O)c3ccc(Cl)nc3)c(=O)[nH]c2c1C. The molecule has 0 saturated heterocycles. The minimum Gasteiger partial charge on any atom is -0.321 e. The van der Waals surface area contributed by atoms with Crippen molar-refractivity contribution < 1.29 is 8.42 Å². The van der Waals surface area contributed by atoms with Gasteiger partial charge in [0.25, 0.3) is 5.56 Å². The van der Waals surface area contributed by atoms with Gasteiger partial charge in [0, 0.05) is 18.3 Å². The maximum absolute atomic E-state index is 12.3. The van der Waals surface area contributed by atoms with Gasteiger partial charge in [0.05, 0.1) is 5.52 Å². The van der Waals surface area contributed by atoms with Crippen molar-refractivity contribution in [3.8, 4) is 0 Å². The zero-order chi connectivity index (χ0) is 18.9. The zero-order valence-electron chi connectivity index (χ0n) is 14.3. The molecular weight excluding hydrogens is 374 g/mol. The van der Waals surface area contributed by atoms with Gasteiger partial charge in [-0.05, 0) is 55.0 Å². The van der Waals surface area contributed by atoms with Gasteiger partial charge in [0.2, 0.25) is 10.0 Å². The molecule has 0 amide bonds. The number of pyridine rings is 2. The molecule has 3 aromatic rings. The molecule has 2 aromatic heterocycles. The van der Waals surface area contributed by atoms with E-state index in [1.165, 1.54) is 18.3 Å². The topological polar surface area (TPSA) is 91.9 Å². The van der Waals surface area contributed by atoms with Gasteiger partial charge in [0.15, 0.2) is 0 Å². The van der Waals surface area contributed by atoms with Crippen LogP contribution in [0.5, 0.6) is 0 Å². The highest BCUT2D eigenvalue weighted by Crippen LogP contribution is 2.19. The molecule has 0 atom stereocenters. The number of fused-ring (bicyclic) bond motifs is 1. The molecule has 8 heteroatoms. The quantitative estimate of drug-likeness (QED) is 0.654. The molecule has 0 bridgehead atoms. The van der Waals surface area contributed by atoms with Crippen LogP contribution in [0.3, 0.4) is 0 Å². The molecule has 0 aliphatic rings. The number of aromatic nitrogens is 2. The summed E-state index contributed by atoms with van der Waals surface area (Å²) in [7, 11) is -3.70. The van der Waals surface area contributed by atoms with Crippen LogP contribution in [-0.4, -0.2) is 24.9 Å². The van der Waals surface area contributed by atoms with Gasteiger partial charge in [-0.15, -0.1) is 0 Å². The highest BCUT2D eigenvalue weighted by molar-refractivity contribution is 7.89. The zero-order valence-corrected chi connectivity index (χ0v) is 15.9. The highest BCUT2D eigenvalue weighted by atomic mass is 35.5. The van der Waals surface area contributed by atoms with Crippen LogP contribution >= 0.6 is 11.6 Å². The molecular formula is C18H18ClN3O3S. The van der Waals surface area contributed by atoms with Crippen molar-refractivity contribution in [1.82, 2.24) is 14.7 Å². The van der Waals surface area contributed by atoms with E-state index in [0.717, 1.165) is 22.0 Å². The summed E-state index contributed by atoms with van der Waals surface area (Å²) >= 11 is 5.67. The largest absolute Gasteiger partial charge is 0.321 e. The second kappa shape index (κ2) is 7.19. The Morgan fingerprint density at radius 1 is 1.19 bits per heavy atom. The van der Waals surface area contributed by atoms with E-state index in [9.17, 15) is 13.2 Å². The van der Waals surface area contributed by atoms with Crippen LogP contribution in [0.4, 0.5) is 0 Å². The van der Waals surface area contributed by atoms with Crippen molar-refractivity contribution in [2.24, 2.45) is 0 Å². The summed E-state index contributed by atoms with van der Waals surface area (Å²) in [5.41, 5.74) is 3.26. The minimum absolute atomic E-state index is 0.0282. The standard InChI is InChI=1S/C18H18ClN3O3S/c1-11-3-4-13-9-14(18(23)22-17(13)12(11)2)7-8-21-26(24,25)15-5-6-16(19)20-10-15/h3-6,9-10,21H,7-8H2,1-2H3,(H,22,23). The molecule has 136 valence electrons. The first-order valence-corrected chi connectivity index (χ1v) is 9.87. The van der Waals surface area contributed by atoms with Gasteiger partial charge in [0.1, 0.15) is 10.0 Å². The molecule has 0 spiro atoms. The van der Waals surface area contributed by atoms with Crippen LogP contribution in [0.2, 0.25) is 5.15 Å². The first kappa shape index (κ1) is 18.6. The van der Waals surface area contributed by atoms with Crippen LogP contribution in [0.15, 0.2) is 46.2 Å². The summed E-state index contributed by atoms with van der Waals surface area (Å²) in [4.78, 5) is 19.0. The maximum atomic E-state index is 12.3. The average molecular weight is 392 g/mol. The third-order valence-electron chi connectivity index (χ3n) is 4.32. The number of H-pyrrole nitrogens is 1. The summed E-state index contributed by atoms with van der Waals surface area (Å²) in [6, 6.07) is 8.54. The lowest BCUT2D eigenvalue weighted by molar-refractivity contribution is 0.581. The molecule has 0 aliphatic carbocycles. The monoisotopic (exact) mass is 391 g/mol. The number of rotatable bonds is 5. The number of aryl methyl sites for hydroxylation is 2. The predicted octanol–water partition coefficient (Wildman–Crippen LogP) is 2.71. The second-order valence-electron chi connectivity index (χ2n) is 6.06. The van der Waals surface area contributed by atoms with Crippen molar-refractivity contribution in [3.63, 3.8) is 0 Å². The average Bonchev–Trinajstić information content (AvgIpc) is 2.60. The lowest BCUT2D eigenvalue weighted by Crippen LogP contribution is -2.27. The molecule has 0 fully saturated rings. The van der Waals surface area contributed by atoms with Gasteiger partial charge < -0.3 is 4.98 Å². The normalized spacial score (nSPS) is 11.8. The van der Waals surface area contributed by atoms with E-state index in [2.05, 4.69) is 14.7 Å². The van der Waals surface area contributed by atoms with Crippen LogP contribution in [0, 0.1) is 13.8 Å². The number of benzene rings is 1. The molecule has 2 heterocycles. The summed E-state index contributed by atoms with van der Waals surface area (Å²) < 4.78 is 26.9. The maximum Gasteiger partial charge on any atom is 0.251 e. The smallest absolute Gasteiger partial charge is 0.251 e. The van der Waals surface area contributed by atoms with E-state index in [1.807, 2.05) is 26.0 Å². The Hall–Kier alpha value is -2.22. The van der Waals surface area contributed by atoms with E-state index in [-0.39, 0.29) is 28.6 Å². The Labute approximate surface area is 156 Å². The molecule has 2 N–H and O–H groups in total. The van der Waals surface area contributed by atoms with Crippen molar-refractivity contribution in [2.75, 3.05) is 6.54 Å². The van der Waals surface area contributed by atoms with E-state index in [1.54, 1.807) is 6.07 Å². The van der Waals surface area contributed by atoms with E-state index in [4.69, 9.17) is 11.6 Å². The lowest BCUT2D eigenvalue weighted by atomic mass is 10.0. The summed E-state index contributed by atoms with van der Waals surface area (Å²) in [5, 5.41) is 1.14. The Morgan fingerprint density at radius 3 is 2.65 bits per heavy atom. The third kappa shape index (κ3) is 3.80. The molecule has 0 unspecified atom stereocenters. The van der Waals surface area contributed by atoms with E-state index in [0.29, 0.717) is 5.56 Å². The third-order valence-corrected chi connectivity index (χ3v) is 5.99. The van der Waals surface area contributed by atoms with Gasteiger partial charge >= 0.3 is 0 Å². The fourth-order valence-corrected chi connectivity index (χ4v) is 3.77. The lowest BCUT2D eigenvalue weighted by Gasteiger charge is -2.09. The fourth-order valence-electron chi connectivity index (χ4n) is 2.68. The Bertz CT molecular complexity index is 1120. The van der Waals surface area contributed by atoms with Gasteiger partial charge in [-0.1, -0.05) is 23.7 Å². The number of aromatic amines is 1. The van der Waals surface area contributed by atoms with Crippen molar-refractivity contribution >= 4 is 32.5 Å². The predicted molar refractivity (Wildman–Crippen MR) is 102 cm³/mol. The number of nitrogens with one attached hydrogen (secondary N) is 2. The van der Waals surface area contributed by atoms with E-state index < -0.39 is 10.0 Å². The summed E-state index contributed by atoms with van der Waals surface area (Å²) in [5.74, 6) is 0. The molecule has 1 aromatic carbocycles. The van der Waals surface area contributed by atoms with Crippen molar-refractivity contribution in [2.45, 2.75) is 25.2 Å².